The van der Waals surface area contributed by atoms with E-state index < -0.39 is 11.9 Å². The number of ether oxygens (including phenoxy) is 2. The summed E-state index contributed by atoms with van der Waals surface area (Å²) in [4.78, 5) is 14.8. The van der Waals surface area contributed by atoms with Crippen LogP contribution in [0.2, 0.25) is 5.02 Å². The van der Waals surface area contributed by atoms with Crippen molar-refractivity contribution in [3.63, 3.8) is 0 Å². The maximum absolute atomic E-state index is 13.2. The molecule has 1 atom stereocenters. The average molecular weight is 436 g/mol. The molecular formula is C25H22ClNO4. The number of benzene rings is 3. The largest absolute Gasteiger partial charge is 0.503 e. The molecule has 0 fully saturated rings. The van der Waals surface area contributed by atoms with Crippen molar-refractivity contribution >= 4 is 23.1 Å². The number of aliphatic hydroxyl groups is 1. The molecule has 4 rings (SSSR count). The molecule has 0 spiro atoms. The molecular weight excluding hydrogens is 414 g/mol. The summed E-state index contributed by atoms with van der Waals surface area (Å²) in [5, 5.41) is 11.5. The molecule has 1 heterocycles. The fraction of sp³-hybridized carbons (Fsp3) is 0.160. The van der Waals surface area contributed by atoms with Gasteiger partial charge in [0.15, 0.2) is 5.76 Å². The highest BCUT2D eigenvalue weighted by atomic mass is 35.5. The molecule has 0 radical (unpaired) electrons. The van der Waals surface area contributed by atoms with Crippen LogP contribution in [0.1, 0.15) is 22.7 Å². The maximum Gasteiger partial charge on any atom is 0.290 e. The molecule has 5 nitrogen and oxygen atoms in total. The van der Waals surface area contributed by atoms with Crippen LogP contribution in [0.4, 0.5) is 0 Å². The van der Waals surface area contributed by atoms with Gasteiger partial charge in [-0.1, -0.05) is 54.1 Å². The van der Waals surface area contributed by atoms with Gasteiger partial charge in [-0.05, 0) is 35.4 Å². The lowest BCUT2D eigenvalue weighted by atomic mass is 9.93. The predicted octanol–water partition coefficient (Wildman–Crippen LogP) is 5.41. The third-order valence-corrected chi connectivity index (χ3v) is 5.66. The second-order valence-electron chi connectivity index (χ2n) is 7.19. The van der Waals surface area contributed by atoms with E-state index in [2.05, 4.69) is 0 Å². The van der Waals surface area contributed by atoms with Crippen molar-refractivity contribution < 1.29 is 19.4 Å². The number of hydrogen-bond acceptors (Lipinski definition) is 4. The van der Waals surface area contributed by atoms with Crippen molar-refractivity contribution in [1.82, 2.24) is 4.90 Å². The van der Waals surface area contributed by atoms with Crippen molar-refractivity contribution in [2.45, 2.75) is 12.6 Å². The first-order chi connectivity index (χ1) is 15.0. The smallest absolute Gasteiger partial charge is 0.290 e. The quantitative estimate of drug-likeness (QED) is 0.562. The SMILES string of the molecule is COc1ccc(CN2C(=O)C(O)=C(c3ccccc3)[C@@H]2c2ccc(Cl)cc2)c(OC)c1. The van der Waals surface area contributed by atoms with Crippen molar-refractivity contribution in [3.05, 3.63) is 100 Å². The fourth-order valence-electron chi connectivity index (χ4n) is 3.89. The summed E-state index contributed by atoms with van der Waals surface area (Å²) < 4.78 is 10.8. The molecule has 0 saturated carbocycles. The standard InChI is InChI=1S/C25H22ClNO4/c1-30-20-13-10-18(21(14-20)31-2)15-27-23(17-8-11-19(26)12-9-17)22(24(28)25(27)29)16-6-4-3-5-7-16/h3-14,23,28H,15H2,1-2H3/t23-/m0/s1. The van der Waals surface area contributed by atoms with Gasteiger partial charge in [0.2, 0.25) is 0 Å². The number of halogens is 1. The maximum atomic E-state index is 13.2. The average Bonchev–Trinajstić information content (AvgIpc) is 3.05. The second kappa shape index (κ2) is 8.74. The monoisotopic (exact) mass is 435 g/mol. The topological polar surface area (TPSA) is 59.0 Å². The Hall–Kier alpha value is -3.44. The van der Waals surface area contributed by atoms with Crippen LogP contribution in [0, 0.1) is 0 Å². The van der Waals surface area contributed by atoms with Gasteiger partial charge < -0.3 is 19.5 Å². The molecule has 0 saturated heterocycles. The highest BCUT2D eigenvalue weighted by Gasteiger charge is 2.41. The lowest BCUT2D eigenvalue weighted by molar-refractivity contribution is -0.130. The van der Waals surface area contributed by atoms with E-state index in [1.165, 1.54) is 0 Å². The number of rotatable bonds is 6. The molecule has 0 aliphatic carbocycles. The summed E-state index contributed by atoms with van der Waals surface area (Å²) in [5.74, 6) is 0.582. The highest BCUT2D eigenvalue weighted by Crippen LogP contribution is 2.44. The molecule has 0 aromatic heterocycles. The number of aliphatic hydroxyl groups excluding tert-OH is 1. The van der Waals surface area contributed by atoms with Gasteiger partial charge in [0.05, 0.1) is 26.8 Å². The number of carbonyl (C=O) groups is 1. The molecule has 31 heavy (non-hydrogen) atoms. The summed E-state index contributed by atoms with van der Waals surface area (Å²) in [6.45, 7) is 0.250. The van der Waals surface area contributed by atoms with Crippen LogP contribution in [0.3, 0.4) is 0 Å². The Morgan fingerprint density at radius 2 is 1.68 bits per heavy atom. The highest BCUT2D eigenvalue weighted by molar-refractivity contribution is 6.30. The van der Waals surface area contributed by atoms with Gasteiger partial charge in [-0.25, -0.2) is 0 Å². The van der Waals surface area contributed by atoms with Gasteiger partial charge in [-0.15, -0.1) is 0 Å². The molecule has 1 amide bonds. The summed E-state index contributed by atoms with van der Waals surface area (Å²) in [7, 11) is 3.16. The number of carbonyl (C=O) groups excluding carboxylic acids is 1. The number of nitrogens with zero attached hydrogens (tertiary/aromatic N) is 1. The van der Waals surface area contributed by atoms with Crippen molar-refractivity contribution in [2.24, 2.45) is 0 Å². The molecule has 3 aromatic carbocycles. The van der Waals surface area contributed by atoms with E-state index in [1.54, 1.807) is 37.3 Å². The Labute approximate surface area is 186 Å². The molecule has 0 unspecified atom stereocenters. The van der Waals surface area contributed by atoms with Crippen LogP contribution < -0.4 is 9.47 Å². The lowest BCUT2D eigenvalue weighted by Gasteiger charge is -2.28. The summed E-state index contributed by atoms with van der Waals surface area (Å²) in [6, 6.07) is 21.7. The lowest BCUT2D eigenvalue weighted by Crippen LogP contribution is -2.30. The zero-order chi connectivity index (χ0) is 22.0. The fourth-order valence-corrected chi connectivity index (χ4v) is 4.01. The van der Waals surface area contributed by atoms with E-state index in [4.69, 9.17) is 21.1 Å². The van der Waals surface area contributed by atoms with Gasteiger partial charge >= 0.3 is 0 Å². The van der Waals surface area contributed by atoms with E-state index in [9.17, 15) is 9.90 Å². The summed E-state index contributed by atoms with van der Waals surface area (Å²) in [5.41, 5.74) is 3.02. The minimum Gasteiger partial charge on any atom is -0.503 e. The van der Waals surface area contributed by atoms with E-state index in [0.717, 1.165) is 16.7 Å². The Morgan fingerprint density at radius 3 is 2.32 bits per heavy atom. The second-order valence-corrected chi connectivity index (χ2v) is 7.63. The third kappa shape index (κ3) is 3.97. The molecule has 1 N–H and O–H groups in total. The van der Waals surface area contributed by atoms with Crippen LogP contribution >= 0.6 is 11.6 Å². The minimum atomic E-state index is -0.473. The number of methoxy groups -OCH3 is 2. The van der Waals surface area contributed by atoms with Gasteiger partial charge in [-0.3, -0.25) is 4.79 Å². The van der Waals surface area contributed by atoms with Crippen molar-refractivity contribution in [3.8, 4) is 11.5 Å². The Bertz CT molecular complexity index is 1130. The summed E-state index contributed by atoms with van der Waals surface area (Å²) >= 11 is 6.09. The van der Waals surface area contributed by atoms with Crippen molar-refractivity contribution in [2.75, 3.05) is 14.2 Å². The minimum absolute atomic E-state index is 0.250. The van der Waals surface area contributed by atoms with Gasteiger partial charge in [0, 0.05) is 22.2 Å². The van der Waals surface area contributed by atoms with Crippen LogP contribution in [0.5, 0.6) is 11.5 Å². The van der Waals surface area contributed by atoms with E-state index in [0.29, 0.717) is 22.1 Å². The van der Waals surface area contributed by atoms with Crippen LogP contribution in [-0.4, -0.2) is 30.1 Å². The Morgan fingerprint density at radius 1 is 0.968 bits per heavy atom. The molecule has 0 bridgehead atoms. The van der Waals surface area contributed by atoms with E-state index in [-0.39, 0.29) is 12.3 Å². The van der Waals surface area contributed by atoms with Crippen molar-refractivity contribution in [1.29, 1.82) is 0 Å². The van der Waals surface area contributed by atoms with Crippen LogP contribution in [-0.2, 0) is 11.3 Å². The zero-order valence-corrected chi connectivity index (χ0v) is 18.0. The molecule has 158 valence electrons. The zero-order valence-electron chi connectivity index (χ0n) is 17.2. The van der Waals surface area contributed by atoms with Gasteiger partial charge in [-0.2, -0.15) is 0 Å². The first-order valence-electron chi connectivity index (χ1n) is 9.79. The number of amides is 1. The third-order valence-electron chi connectivity index (χ3n) is 5.41. The predicted molar refractivity (Wildman–Crippen MR) is 120 cm³/mol. The summed E-state index contributed by atoms with van der Waals surface area (Å²) in [6.07, 6.45) is 0. The van der Waals surface area contributed by atoms with Crippen LogP contribution in [0.15, 0.2) is 78.6 Å². The molecule has 1 aliphatic rings. The number of hydrogen-bond donors (Lipinski definition) is 1. The normalized spacial score (nSPS) is 16.0. The van der Waals surface area contributed by atoms with Gasteiger partial charge in [0.25, 0.3) is 5.91 Å². The molecule has 6 heteroatoms. The van der Waals surface area contributed by atoms with Crippen LogP contribution in [0.25, 0.3) is 5.57 Å². The first kappa shape index (κ1) is 20.8. The first-order valence-corrected chi connectivity index (χ1v) is 10.2. The Kier molecular flexibility index (Phi) is 5.87. The van der Waals surface area contributed by atoms with E-state index in [1.807, 2.05) is 54.6 Å². The van der Waals surface area contributed by atoms with E-state index >= 15 is 0 Å². The van der Waals surface area contributed by atoms with Gasteiger partial charge in [0.1, 0.15) is 11.5 Å². The molecule has 1 aliphatic heterocycles. The molecule has 3 aromatic rings. The Balaban J connectivity index is 1.80.